The number of likely N-dealkylation sites (tertiary alicyclic amines) is 2. The second-order valence-electron chi connectivity index (χ2n) is 6.84. The van der Waals surface area contributed by atoms with Gasteiger partial charge in [-0.05, 0) is 44.2 Å². The Labute approximate surface area is 133 Å². The van der Waals surface area contributed by atoms with Gasteiger partial charge in [-0.15, -0.1) is 0 Å². The first-order valence-electron chi connectivity index (χ1n) is 8.74. The summed E-state index contributed by atoms with van der Waals surface area (Å²) in [5.41, 5.74) is 0. The van der Waals surface area contributed by atoms with E-state index in [9.17, 15) is 4.79 Å². The zero-order chi connectivity index (χ0) is 15.5. The minimum Gasteiger partial charge on any atom is -0.465 e. The van der Waals surface area contributed by atoms with E-state index in [0.29, 0.717) is 17.9 Å². The van der Waals surface area contributed by atoms with Gasteiger partial charge in [0.25, 0.3) is 0 Å². The molecule has 0 unspecified atom stereocenters. The number of carbonyl (C=O) groups excluding carboxylic acids is 1. The zero-order valence-electron chi connectivity index (χ0n) is 13.9. The molecule has 3 heterocycles. The van der Waals surface area contributed by atoms with Crippen LogP contribution in [0.3, 0.4) is 0 Å². The van der Waals surface area contributed by atoms with E-state index < -0.39 is 0 Å². The van der Waals surface area contributed by atoms with E-state index in [1.165, 1.54) is 0 Å². The molecule has 22 heavy (non-hydrogen) atoms. The molecule has 1 aromatic rings. The molecular formula is C18H28N2O2. The highest BCUT2D eigenvalue weighted by atomic mass is 16.3. The summed E-state index contributed by atoms with van der Waals surface area (Å²) in [5.74, 6) is 3.06. The van der Waals surface area contributed by atoms with Gasteiger partial charge in [0.2, 0.25) is 5.91 Å². The number of unbranched alkanes of at least 4 members (excludes halogenated alkanes) is 1. The third kappa shape index (κ3) is 3.37. The maximum absolute atomic E-state index is 12.2. The summed E-state index contributed by atoms with van der Waals surface area (Å²) in [6.45, 7) is 8.21. The Morgan fingerprint density at radius 3 is 2.91 bits per heavy atom. The van der Waals surface area contributed by atoms with Crippen LogP contribution in [0.1, 0.15) is 50.5 Å². The first kappa shape index (κ1) is 15.6. The number of piperidine rings is 2. The predicted molar refractivity (Wildman–Crippen MR) is 86.5 cm³/mol. The van der Waals surface area contributed by atoms with Crippen LogP contribution >= 0.6 is 0 Å². The van der Waals surface area contributed by atoms with Gasteiger partial charge in [0.05, 0.1) is 6.54 Å². The van der Waals surface area contributed by atoms with E-state index in [4.69, 9.17) is 4.42 Å². The van der Waals surface area contributed by atoms with Crippen molar-refractivity contribution in [2.45, 2.75) is 58.5 Å². The molecule has 0 radical (unpaired) electrons. The molecule has 1 aromatic heterocycles. The molecule has 0 saturated carbocycles. The van der Waals surface area contributed by atoms with E-state index >= 15 is 0 Å². The summed E-state index contributed by atoms with van der Waals surface area (Å²) in [6.07, 6.45) is 5.19. The molecule has 4 nitrogen and oxygen atoms in total. The first-order valence-corrected chi connectivity index (χ1v) is 8.74. The van der Waals surface area contributed by atoms with Crippen molar-refractivity contribution in [3.05, 3.63) is 23.7 Å². The van der Waals surface area contributed by atoms with Crippen LogP contribution in [-0.2, 0) is 11.3 Å². The summed E-state index contributed by atoms with van der Waals surface area (Å²) >= 11 is 0. The Balaban J connectivity index is 1.60. The highest BCUT2D eigenvalue weighted by Gasteiger charge is 2.38. The van der Waals surface area contributed by atoms with Gasteiger partial charge in [-0.2, -0.15) is 0 Å². The summed E-state index contributed by atoms with van der Waals surface area (Å²) < 4.78 is 5.71. The number of carbonyl (C=O) groups is 1. The topological polar surface area (TPSA) is 36.7 Å². The fraction of sp³-hybridized carbons (Fsp3) is 0.722. The van der Waals surface area contributed by atoms with Crippen LogP contribution in [0, 0.1) is 12.8 Å². The highest BCUT2D eigenvalue weighted by Crippen LogP contribution is 2.32. The lowest BCUT2D eigenvalue weighted by molar-refractivity contribution is -0.141. The number of amides is 1. The number of furan rings is 1. The molecule has 4 heteroatoms. The number of nitrogens with zero attached hydrogens (tertiary/aromatic N) is 2. The number of aryl methyl sites for hydroxylation is 1. The van der Waals surface area contributed by atoms with Crippen molar-refractivity contribution in [2.75, 3.05) is 19.6 Å². The Hall–Kier alpha value is -1.29. The average Bonchev–Trinajstić information content (AvgIpc) is 2.91. The summed E-state index contributed by atoms with van der Waals surface area (Å²) in [7, 11) is 0. The largest absolute Gasteiger partial charge is 0.465 e. The quantitative estimate of drug-likeness (QED) is 0.838. The van der Waals surface area contributed by atoms with Crippen molar-refractivity contribution < 1.29 is 9.21 Å². The molecule has 0 spiro atoms. The molecule has 0 aromatic carbocycles. The van der Waals surface area contributed by atoms with E-state index in [1.807, 2.05) is 13.0 Å². The second-order valence-corrected chi connectivity index (χ2v) is 6.84. The molecule has 0 bridgehead atoms. The molecule has 3 rings (SSSR count). The average molecular weight is 304 g/mol. The molecule has 1 amide bonds. The Morgan fingerprint density at radius 1 is 1.32 bits per heavy atom. The normalized spacial score (nSPS) is 26.3. The van der Waals surface area contributed by atoms with Gasteiger partial charge in [-0.25, -0.2) is 0 Å². The van der Waals surface area contributed by atoms with E-state index in [-0.39, 0.29) is 0 Å². The molecule has 2 aliphatic heterocycles. The Morgan fingerprint density at radius 2 is 2.18 bits per heavy atom. The van der Waals surface area contributed by atoms with Gasteiger partial charge in [0.15, 0.2) is 0 Å². The van der Waals surface area contributed by atoms with Gasteiger partial charge in [0, 0.05) is 32.1 Å². The lowest BCUT2D eigenvalue weighted by Gasteiger charge is -2.47. The number of fused-ring (bicyclic) bond motifs is 1. The molecule has 2 fully saturated rings. The fourth-order valence-electron chi connectivity index (χ4n) is 3.98. The van der Waals surface area contributed by atoms with Crippen molar-refractivity contribution in [3.63, 3.8) is 0 Å². The highest BCUT2D eigenvalue weighted by molar-refractivity contribution is 5.77. The smallest absolute Gasteiger partial charge is 0.222 e. The number of hydrogen-bond acceptors (Lipinski definition) is 3. The van der Waals surface area contributed by atoms with Crippen molar-refractivity contribution in [3.8, 4) is 0 Å². The first-order chi connectivity index (χ1) is 10.7. The molecule has 2 aliphatic rings. The molecule has 2 saturated heterocycles. The third-order valence-electron chi connectivity index (χ3n) is 5.16. The van der Waals surface area contributed by atoms with Gasteiger partial charge >= 0.3 is 0 Å². The van der Waals surface area contributed by atoms with Crippen LogP contribution in [0.25, 0.3) is 0 Å². The molecule has 0 aliphatic carbocycles. The van der Waals surface area contributed by atoms with E-state index in [0.717, 1.165) is 69.8 Å². The predicted octanol–water partition coefficient (Wildman–Crippen LogP) is 3.20. The van der Waals surface area contributed by atoms with Crippen molar-refractivity contribution >= 4 is 5.91 Å². The van der Waals surface area contributed by atoms with Crippen LogP contribution < -0.4 is 0 Å². The Kier molecular flexibility index (Phi) is 4.87. The second kappa shape index (κ2) is 6.86. The summed E-state index contributed by atoms with van der Waals surface area (Å²) in [4.78, 5) is 16.9. The monoisotopic (exact) mass is 304 g/mol. The molecular weight excluding hydrogens is 276 g/mol. The van der Waals surface area contributed by atoms with Crippen molar-refractivity contribution in [2.24, 2.45) is 5.92 Å². The Bertz CT molecular complexity index is 511. The van der Waals surface area contributed by atoms with Gasteiger partial charge in [0.1, 0.15) is 11.5 Å². The maximum atomic E-state index is 12.2. The third-order valence-corrected chi connectivity index (χ3v) is 5.16. The summed E-state index contributed by atoms with van der Waals surface area (Å²) in [6, 6.07) is 4.59. The minimum atomic E-state index is 0.379. The SMILES string of the molecule is CCCCN1C(=O)CC[C@@H]2CN(Cc3ccc(C)o3)CC[C@@H]21. The number of hydrogen-bond donors (Lipinski definition) is 0. The fourth-order valence-corrected chi connectivity index (χ4v) is 3.98. The van der Waals surface area contributed by atoms with Crippen LogP contribution in [0.2, 0.25) is 0 Å². The van der Waals surface area contributed by atoms with E-state index in [1.54, 1.807) is 0 Å². The van der Waals surface area contributed by atoms with E-state index in [2.05, 4.69) is 22.8 Å². The van der Waals surface area contributed by atoms with Crippen LogP contribution in [0.4, 0.5) is 0 Å². The van der Waals surface area contributed by atoms with Crippen LogP contribution in [0.15, 0.2) is 16.5 Å². The maximum Gasteiger partial charge on any atom is 0.222 e. The lowest BCUT2D eigenvalue weighted by atomic mass is 9.83. The van der Waals surface area contributed by atoms with Gasteiger partial charge in [-0.3, -0.25) is 9.69 Å². The molecule has 0 N–H and O–H groups in total. The van der Waals surface area contributed by atoms with Crippen LogP contribution in [-0.4, -0.2) is 41.4 Å². The van der Waals surface area contributed by atoms with Crippen LogP contribution in [0.5, 0.6) is 0 Å². The van der Waals surface area contributed by atoms with Crippen molar-refractivity contribution in [1.29, 1.82) is 0 Å². The molecule has 122 valence electrons. The summed E-state index contributed by atoms with van der Waals surface area (Å²) in [5, 5.41) is 0. The van der Waals surface area contributed by atoms with Gasteiger partial charge in [-0.1, -0.05) is 13.3 Å². The minimum absolute atomic E-state index is 0.379. The van der Waals surface area contributed by atoms with Gasteiger partial charge < -0.3 is 9.32 Å². The van der Waals surface area contributed by atoms with Crippen molar-refractivity contribution in [1.82, 2.24) is 9.80 Å². The standard InChI is InChI=1S/C18H28N2O2/c1-3-4-10-20-17-9-11-19(12-15(17)6-8-18(20)21)13-16-7-5-14(2)22-16/h5,7,15,17H,3-4,6,8-13H2,1-2H3/t15-,17+/m1/s1. The number of rotatable bonds is 5. The molecule has 2 atom stereocenters. The lowest BCUT2D eigenvalue weighted by Crippen LogP contribution is -2.55. The zero-order valence-corrected chi connectivity index (χ0v) is 13.9.